The molecule has 1 atom stereocenters. The molecular weight excluding hydrogens is 298 g/mol. The molecule has 1 heterocycles. The number of benzene rings is 1. The molecule has 1 fully saturated rings. The summed E-state index contributed by atoms with van der Waals surface area (Å²) in [6.07, 6.45) is 0. The lowest BCUT2D eigenvalue weighted by Gasteiger charge is -2.20. The Kier molecular flexibility index (Phi) is 4.63. The van der Waals surface area contributed by atoms with Crippen LogP contribution in [0.1, 0.15) is 5.56 Å². The largest absolute Gasteiger partial charge is 0.480 e. The monoisotopic (exact) mass is 311 g/mol. The van der Waals surface area contributed by atoms with E-state index in [0.717, 1.165) is 0 Å². The lowest BCUT2D eigenvalue weighted by atomic mass is 10.2. The number of aliphatic carboxylic acids is 1. The molecule has 0 spiro atoms. The molecule has 9 heteroatoms. The van der Waals surface area contributed by atoms with E-state index < -0.39 is 23.0 Å². The number of carboxylic acid groups (broad SMARTS) is 1. The van der Waals surface area contributed by atoms with Gasteiger partial charge in [0.05, 0.1) is 17.3 Å². The number of amides is 2. The smallest absolute Gasteiger partial charge is 0.327 e. The van der Waals surface area contributed by atoms with E-state index in [-0.39, 0.29) is 12.2 Å². The summed E-state index contributed by atoms with van der Waals surface area (Å²) >= 11 is 1.35. The molecule has 1 aliphatic heterocycles. The summed E-state index contributed by atoms with van der Waals surface area (Å²) in [6.45, 7) is -0.0243. The van der Waals surface area contributed by atoms with E-state index in [1.165, 1.54) is 22.7 Å². The van der Waals surface area contributed by atoms with Crippen LogP contribution in [-0.2, 0) is 11.3 Å². The first kappa shape index (κ1) is 15.1. The number of carbonyl (C=O) groups excluding carboxylic acids is 1. The summed E-state index contributed by atoms with van der Waals surface area (Å²) in [6, 6.07) is 4.69. The summed E-state index contributed by atoms with van der Waals surface area (Å²) in [5, 5.41) is 22.4. The number of rotatable bonds is 4. The van der Waals surface area contributed by atoms with Gasteiger partial charge in [-0.25, -0.2) is 9.59 Å². The van der Waals surface area contributed by atoms with Crippen molar-refractivity contribution in [2.45, 2.75) is 12.6 Å². The number of carbonyl (C=O) groups is 2. The SMILES string of the molecule is O=C(O)[C@@H]1CSCN1C(=O)NCc1ccccc1[N+](=O)[O-]. The van der Waals surface area contributed by atoms with Crippen LogP contribution < -0.4 is 5.32 Å². The van der Waals surface area contributed by atoms with E-state index in [0.29, 0.717) is 17.2 Å². The van der Waals surface area contributed by atoms with Gasteiger partial charge < -0.3 is 15.3 Å². The summed E-state index contributed by atoms with van der Waals surface area (Å²) < 4.78 is 0. The molecule has 0 saturated carbocycles. The predicted octanol–water partition coefficient (Wildman–Crippen LogP) is 1.26. The molecule has 1 aliphatic rings. The van der Waals surface area contributed by atoms with Crippen molar-refractivity contribution in [2.24, 2.45) is 0 Å². The van der Waals surface area contributed by atoms with Crippen molar-refractivity contribution in [1.82, 2.24) is 10.2 Å². The van der Waals surface area contributed by atoms with Crippen molar-refractivity contribution in [1.29, 1.82) is 0 Å². The third kappa shape index (κ3) is 3.43. The summed E-state index contributed by atoms with van der Waals surface area (Å²) in [5.74, 6) is -0.422. The quantitative estimate of drug-likeness (QED) is 0.639. The molecule has 8 nitrogen and oxygen atoms in total. The Bertz CT molecular complexity index is 580. The van der Waals surface area contributed by atoms with Crippen LogP contribution in [0.2, 0.25) is 0 Å². The van der Waals surface area contributed by atoms with Crippen molar-refractivity contribution in [3.8, 4) is 0 Å². The minimum atomic E-state index is -1.05. The number of urea groups is 1. The molecule has 2 N–H and O–H groups in total. The van der Waals surface area contributed by atoms with Crippen LogP contribution in [-0.4, -0.2) is 44.6 Å². The van der Waals surface area contributed by atoms with Crippen LogP contribution >= 0.6 is 11.8 Å². The molecule has 1 saturated heterocycles. The zero-order chi connectivity index (χ0) is 15.4. The van der Waals surface area contributed by atoms with E-state index in [2.05, 4.69) is 5.32 Å². The molecule has 1 aromatic carbocycles. The molecule has 0 radical (unpaired) electrons. The van der Waals surface area contributed by atoms with Crippen molar-refractivity contribution in [3.05, 3.63) is 39.9 Å². The Hall–Kier alpha value is -2.29. The van der Waals surface area contributed by atoms with E-state index in [1.54, 1.807) is 18.2 Å². The maximum atomic E-state index is 12.0. The van der Waals surface area contributed by atoms with Gasteiger partial charge in [0.15, 0.2) is 0 Å². The second-order valence-electron chi connectivity index (χ2n) is 4.37. The van der Waals surface area contributed by atoms with E-state index in [1.807, 2.05) is 0 Å². The summed E-state index contributed by atoms with van der Waals surface area (Å²) in [5.41, 5.74) is 0.290. The van der Waals surface area contributed by atoms with Gasteiger partial charge in [0.2, 0.25) is 0 Å². The zero-order valence-corrected chi connectivity index (χ0v) is 11.7. The highest BCUT2D eigenvalue weighted by Crippen LogP contribution is 2.21. The first-order chi connectivity index (χ1) is 10.0. The predicted molar refractivity (Wildman–Crippen MR) is 75.9 cm³/mol. The van der Waals surface area contributed by atoms with Crippen molar-refractivity contribution in [3.63, 3.8) is 0 Å². The van der Waals surface area contributed by atoms with Gasteiger partial charge in [-0.1, -0.05) is 18.2 Å². The van der Waals surface area contributed by atoms with Crippen LogP contribution in [0.3, 0.4) is 0 Å². The lowest BCUT2D eigenvalue weighted by Crippen LogP contribution is -2.46. The van der Waals surface area contributed by atoms with Gasteiger partial charge in [0.1, 0.15) is 6.04 Å². The van der Waals surface area contributed by atoms with Gasteiger partial charge in [-0.3, -0.25) is 10.1 Å². The molecule has 2 rings (SSSR count). The minimum Gasteiger partial charge on any atom is -0.480 e. The standard InChI is InChI=1S/C12H13N3O5S/c16-11(17)10-6-21-7-14(10)12(18)13-5-8-3-1-2-4-9(8)15(19)20/h1-4,10H,5-7H2,(H,13,18)(H,16,17)/t10-/m0/s1. The minimum absolute atomic E-state index is 0.0243. The van der Waals surface area contributed by atoms with Crippen molar-refractivity contribution in [2.75, 3.05) is 11.6 Å². The molecule has 0 bridgehead atoms. The Morgan fingerprint density at radius 1 is 1.48 bits per heavy atom. The molecular formula is C12H13N3O5S. The third-order valence-electron chi connectivity index (χ3n) is 3.05. The van der Waals surface area contributed by atoms with Gasteiger partial charge >= 0.3 is 12.0 Å². The van der Waals surface area contributed by atoms with Crippen LogP contribution in [0.25, 0.3) is 0 Å². The molecule has 0 unspecified atom stereocenters. The fourth-order valence-corrected chi connectivity index (χ4v) is 3.10. The number of para-hydroxylation sites is 1. The maximum absolute atomic E-state index is 12.0. The third-order valence-corrected chi connectivity index (χ3v) is 4.06. The second-order valence-corrected chi connectivity index (χ2v) is 5.37. The normalized spacial score (nSPS) is 17.5. The Morgan fingerprint density at radius 2 is 2.19 bits per heavy atom. The fourth-order valence-electron chi connectivity index (χ4n) is 1.96. The van der Waals surface area contributed by atoms with Crippen molar-refractivity contribution >= 4 is 29.4 Å². The molecule has 112 valence electrons. The second kappa shape index (κ2) is 6.44. The van der Waals surface area contributed by atoms with Gasteiger partial charge in [-0.2, -0.15) is 0 Å². The summed E-state index contributed by atoms with van der Waals surface area (Å²) in [7, 11) is 0. The van der Waals surface area contributed by atoms with Crippen LogP contribution in [0.15, 0.2) is 24.3 Å². The van der Waals surface area contributed by atoms with E-state index in [9.17, 15) is 19.7 Å². The number of hydrogen-bond donors (Lipinski definition) is 2. The van der Waals surface area contributed by atoms with Crippen LogP contribution in [0.5, 0.6) is 0 Å². The zero-order valence-electron chi connectivity index (χ0n) is 10.9. The number of hydrogen-bond acceptors (Lipinski definition) is 5. The highest BCUT2D eigenvalue weighted by Gasteiger charge is 2.34. The van der Waals surface area contributed by atoms with Crippen LogP contribution in [0.4, 0.5) is 10.5 Å². The average molecular weight is 311 g/mol. The molecule has 0 aliphatic carbocycles. The molecule has 1 aromatic rings. The Morgan fingerprint density at radius 3 is 2.86 bits per heavy atom. The van der Waals surface area contributed by atoms with Gasteiger partial charge in [0, 0.05) is 17.4 Å². The van der Waals surface area contributed by atoms with E-state index >= 15 is 0 Å². The molecule has 0 aromatic heterocycles. The van der Waals surface area contributed by atoms with Crippen molar-refractivity contribution < 1.29 is 19.6 Å². The first-order valence-electron chi connectivity index (χ1n) is 6.08. The van der Waals surface area contributed by atoms with Gasteiger partial charge in [-0.05, 0) is 0 Å². The maximum Gasteiger partial charge on any atom is 0.327 e. The first-order valence-corrected chi connectivity index (χ1v) is 7.23. The van der Waals surface area contributed by atoms with Crippen LogP contribution in [0, 0.1) is 10.1 Å². The molecule has 2 amide bonds. The summed E-state index contributed by atoms with van der Waals surface area (Å²) in [4.78, 5) is 34.5. The van der Waals surface area contributed by atoms with E-state index in [4.69, 9.17) is 5.11 Å². The number of nitro benzene ring substituents is 1. The number of nitrogens with zero attached hydrogens (tertiary/aromatic N) is 2. The van der Waals surface area contributed by atoms with Gasteiger partial charge in [0.25, 0.3) is 5.69 Å². The number of carboxylic acids is 1. The number of thioether (sulfide) groups is 1. The van der Waals surface area contributed by atoms with Gasteiger partial charge in [-0.15, -0.1) is 11.8 Å². The number of nitro groups is 1. The highest BCUT2D eigenvalue weighted by molar-refractivity contribution is 7.99. The molecule has 21 heavy (non-hydrogen) atoms. The Balaban J connectivity index is 2.02. The Labute approximate surface area is 124 Å². The lowest BCUT2D eigenvalue weighted by molar-refractivity contribution is -0.385. The topological polar surface area (TPSA) is 113 Å². The average Bonchev–Trinajstić information content (AvgIpc) is 2.94. The number of nitrogens with one attached hydrogen (secondary N) is 1. The fraction of sp³-hybridized carbons (Fsp3) is 0.333. The highest BCUT2D eigenvalue weighted by atomic mass is 32.2.